The van der Waals surface area contributed by atoms with Gasteiger partial charge in [0, 0.05) is 35.1 Å². The third-order valence-corrected chi connectivity index (χ3v) is 5.34. The summed E-state index contributed by atoms with van der Waals surface area (Å²) in [6.07, 6.45) is -2.08. The SMILES string of the molecule is CNC(=O)c1cccc(Cn2cc(Cl)c3cc(-c4cn[nH]c4C(F)(F)F)ccc3c2=O)c1. The van der Waals surface area contributed by atoms with Crippen molar-refractivity contribution < 1.29 is 18.0 Å². The Balaban J connectivity index is 1.76. The molecule has 0 atom stereocenters. The lowest BCUT2D eigenvalue weighted by molar-refractivity contribution is -0.140. The number of amides is 1. The van der Waals surface area contributed by atoms with Crippen molar-refractivity contribution in [3.05, 3.63) is 87.1 Å². The van der Waals surface area contributed by atoms with Crippen LogP contribution in [0.25, 0.3) is 21.9 Å². The zero-order chi connectivity index (χ0) is 23.0. The maximum absolute atomic E-state index is 13.2. The number of rotatable bonds is 4. The van der Waals surface area contributed by atoms with E-state index in [2.05, 4.69) is 10.4 Å². The highest BCUT2D eigenvalue weighted by Gasteiger charge is 2.36. The van der Waals surface area contributed by atoms with Gasteiger partial charge in [-0.1, -0.05) is 29.8 Å². The molecular formula is C22H16ClF3N4O2. The maximum Gasteiger partial charge on any atom is 0.433 e. The summed E-state index contributed by atoms with van der Waals surface area (Å²) in [6.45, 7) is 0.168. The number of pyridine rings is 1. The summed E-state index contributed by atoms with van der Waals surface area (Å²) in [7, 11) is 1.53. The summed E-state index contributed by atoms with van der Waals surface area (Å²) >= 11 is 6.40. The van der Waals surface area contributed by atoms with Crippen LogP contribution in [0.3, 0.4) is 0 Å². The number of hydrogen-bond acceptors (Lipinski definition) is 3. The second-order valence-corrected chi connectivity index (χ2v) is 7.51. The number of nitrogens with zero attached hydrogens (tertiary/aromatic N) is 2. The third-order valence-electron chi connectivity index (χ3n) is 5.04. The second-order valence-electron chi connectivity index (χ2n) is 7.11. The van der Waals surface area contributed by atoms with Crippen LogP contribution in [0, 0.1) is 0 Å². The zero-order valence-electron chi connectivity index (χ0n) is 16.6. The van der Waals surface area contributed by atoms with Gasteiger partial charge in [0.15, 0.2) is 0 Å². The first-order valence-electron chi connectivity index (χ1n) is 9.43. The van der Waals surface area contributed by atoms with E-state index < -0.39 is 11.9 Å². The minimum absolute atomic E-state index is 0.134. The van der Waals surface area contributed by atoms with Crippen LogP contribution in [0.1, 0.15) is 21.6 Å². The average Bonchev–Trinajstić information content (AvgIpc) is 3.27. The van der Waals surface area contributed by atoms with Crippen LogP contribution in [0.15, 0.2) is 59.7 Å². The fourth-order valence-corrected chi connectivity index (χ4v) is 3.78. The van der Waals surface area contributed by atoms with Gasteiger partial charge < -0.3 is 9.88 Å². The van der Waals surface area contributed by atoms with Gasteiger partial charge in [0.2, 0.25) is 0 Å². The van der Waals surface area contributed by atoms with E-state index in [4.69, 9.17) is 11.6 Å². The lowest BCUT2D eigenvalue weighted by atomic mass is 10.0. The van der Waals surface area contributed by atoms with E-state index in [1.54, 1.807) is 24.3 Å². The van der Waals surface area contributed by atoms with Gasteiger partial charge in [0.05, 0.1) is 17.8 Å². The smallest absolute Gasteiger partial charge is 0.355 e. The largest absolute Gasteiger partial charge is 0.433 e. The molecule has 0 radical (unpaired) electrons. The Hall–Kier alpha value is -3.59. The first-order chi connectivity index (χ1) is 15.2. The Kier molecular flexibility index (Phi) is 5.52. The molecule has 4 rings (SSSR count). The fourth-order valence-electron chi connectivity index (χ4n) is 3.51. The molecule has 10 heteroatoms. The Labute approximate surface area is 184 Å². The van der Waals surface area contributed by atoms with E-state index in [1.807, 2.05) is 5.10 Å². The average molecular weight is 461 g/mol. The molecule has 164 valence electrons. The topological polar surface area (TPSA) is 79.8 Å². The molecule has 0 spiro atoms. The van der Waals surface area contributed by atoms with Crippen molar-refractivity contribution in [2.75, 3.05) is 7.05 Å². The normalized spacial score (nSPS) is 11.7. The zero-order valence-corrected chi connectivity index (χ0v) is 17.4. The van der Waals surface area contributed by atoms with E-state index in [9.17, 15) is 22.8 Å². The summed E-state index contributed by atoms with van der Waals surface area (Å²) in [5.74, 6) is -0.249. The molecule has 6 nitrogen and oxygen atoms in total. The number of fused-ring (bicyclic) bond motifs is 1. The van der Waals surface area contributed by atoms with Crippen LogP contribution in [-0.2, 0) is 12.7 Å². The maximum atomic E-state index is 13.2. The van der Waals surface area contributed by atoms with Crippen molar-refractivity contribution in [1.82, 2.24) is 20.1 Å². The van der Waals surface area contributed by atoms with Crippen molar-refractivity contribution in [1.29, 1.82) is 0 Å². The van der Waals surface area contributed by atoms with Crippen LogP contribution >= 0.6 is 11.6 Å². The van der Waals surface area contributed by atoms with Crippen molar-refractivity contribution in [3.63, 3.8) is 0 Å². The number of hydrogen-bond donors (Lipinski definition) is 2. The van der Waals surface area contributed by atoms with Gasteiger partial charge in [-0.15, -0.1) is 0 Å². The van der Waals surface area contributed by atoms with Gasteiger partial charge in [-0.3, -0.25) is 14.7 Å². The quantitative estimate of drug-likeness (QED) is 0.471. The van der Waals surface area contributed by atoms with Crippen LogP contribution in [0.5, 0.6) is 0 Å². The lowest BCUT2D eigenvalue weighted by Gasteiger charge is -2.12. The summed E-state index contributed by atoms with van der Waals surface area (Å²) in [4.78, 5) is 24.9. The Morgan fingerprint density at radius 2 is 1.97 bits per heavy atom. The molecule has 0 saturated carbocycles. The number of nitrogens with one attached hydrogen (secondary N) is 2. The molecule has 2 N–H and O–H groups in total. The molecule has 2 aromatic carbocycles. The molecule has 0 fully saturated rings. The molecule has 0 aliphatic rings. The van der Waals surface area contributed by atoms with Gasteiger partial charge in [-0.25, -0.2) is 0 Å². The summed E-state index contributed by atoms with van der Waals surface area (Å²) in [6, 6.07) is 11.1. The standard InChI is InChI=1S/C22H16ClF3N4O2/c1-27-20(31)14-4-2-3-12(7-14)10-30-11-18(23)16-8-13(5-6-15(16)21(30)32)17-9-28-29-19(17)22(24,25)26/h2-9,11H,10H2,1H3,(H,27,31)(H,28,29). The van der Waals surface area contributed by atoms with E-state index >= 15 is 0 Å². The Bertz CT molecular complexity index is 1390. The molecule has 4 aromatic rings. The minimum Gasteiger partial charge on any atom is -0.355 e. The minimum atomic E-state index is -4.60. The molecule has 2 heterocycles. The number of carbonyl (C=O) groups excluding carboxylic acids is 1. The van der Waals surface area contributed by atoms with Crippen LogP contribution in [-0.4, -0.2) is 27.7 Å². The van der Waals surface area contributed by atoms with Crippen LogP contribution in [0.2, 0.25) is 5.02 Å². The number of aromatic amines is 1. The van der Waals surface area contributed by atoms with Crippen molar-refractivity contribution >= 4 is 28.3 Å². The highest BCUT2D eigenvalue weighted by atomic mass is 35.5. The van der Waals surface area contributed by atoms with Crippen molar-refractivity contribution in [2.45, 2.75) is 12.7 Å². The number of benzene rings is 2. The fraction of sp³-hybridized carbons (Fsp3) is 0.136. The number of aromatic nitrogens is 3. The molecule has 0 bridgehead atoms. The number of H-pyrrole nitrogens is 1. The van der Waals surface area contributed by atoms with E-state index in [1.165, 1.54) is 36.0 Å². The van der Waals surface area contributed by atoms with Gasteiger partial charge >= 0.3 is 6.18 Å². The lowest BCUT2D eigenvalue weighted by Crippen LogP contribution is -2.21. The van der Waals surface area contributed by atoms with Crippen LogP contribution < -0.4 is 10.9 Å². The third kappa shape index (κ3) is 3.99. The molecule has 0 saturated heterocycles. The van der Waals surface area contributed by atoms with Gasteiger partial charge in [-0.05, 0) is 35.4 Å². The summed E-state index contributed by atoms with van der Waals surface area (Å²) in [5.41, 5.74) is -0.0629. The van der Waals surface area contributed by atoms with E-state index in [0.29, 0.717) is 16.5 Å². The highest BCUT2D eigenvalue weighted by Crippen LogP contribution is 2.36. The molecule has 1 amide bonds. The van der Waals surface area contributed by atoms with Crippen molar-refractivity contribution in [2.24, 2.45) is 0 Å². The predicted octanol–water partition coefficient (Wildman–Crippen LogP) is 4.47. The van der Waals surface area contributed by atoms with E-state index in [0.717, 1.165) is 6.20 Å². The molecule has 0 unspecified atom stereocenters. The number of halogens is 4. The predicted molar refractivity (Wildman–Crippen MR) is 115 cm³/mol. The Morgan fingerprint density at radius 3 is 2.69 bits per heavy atom. The van der Waals surface area contributed by atoms with Gasteiger partial charge in [0.25, 0.3) is 11.5 Å². The Morgan fingerprint density at radius 1 is 1.19 bits per heavy atom. The van der Waals surface area contributed by atoms with E-state index in [-0.39, 0.29) is 39.5 Å². The van der Waals surface area contributed by atoms with Gasteiger partial charge in [-0.2, -0.15) is 18.3 Å². The monoisotopic (exact) mass is 460 g/mol. The first kappa shape index (κ1) is 21.6. The molecular weight excluding hydrogens is 445 g/mol. The summed E-state index contributed by atoms with van der Waals surface area (Å²) < 4.78 is 41.0. The highest BCUT2D eigenvalue weighted by molar-refractivity contribution is 6.35. The molecule has 0 aliphatic heterocycles. The molecule has 32 heavy (non-hydrogen) atoms. The van der Waals surface area contributed by atoms with Crippen molar-refractivity contribution in [3.8, 4) is 11.1 Å². The molecule has 0 aliphatic carbocycles. The molecule has 2 aromatic heterocycles. The second kappa shape index (κ2) is 8.16. The number of carbonyl (C=O) groups is 1. The number of alkyl halides is 3. The van der Waals surface area contributed by atoms with Crippen LogP contribution in [0.4, 0.5) is 13.2 Å². The summed E-state index contributed by atoms with van der Waals surface area (Å²) in [5, 5.41) is 8.82. The first-order valence-corrected chi connectivity index (χ1v) is 9.81. The van der Waals surface area contributed by atoms with Gasteiger partial charge in [0.1, 0.15) is 5.69 Å².